The van der Waals surface area contributed by atoms with Crippen LogP contribution in [0.1, 0.15) is 26.7 Å². The lowest BCUT2D eigenvalue weighted by Crippen LogP contribution is -2.40. The van der Waals surface area contributed by atoms with Gasteiger partial charge in [-0.3, -0.25) is 0 Å². The SMILES string of the molecule is CC(C)CCCOC(=S)N[C@@H]1CS(=O)(=O)C[C@@H]1Cl. The van der Waals surface area contributed by atoms with Crippen LogP contribution in [0.25, 0.3) is 0 Å². The van der Waals surface area contributed by atoms with Crippen molar-refractivity contribution in [1.29, 1.82) is 0 Å². The van der Waals surface area contributed by atoms with Crippen molar-refractivity contribution in [2.45, 2.75) is 38.1 Å². The fourth-order valence-electron chi connectivity index (χ4n) is 1.79. The van der Waals surface area contributed by atoms with Crippen LogP contribution in [0.15, 0.2) is 0 Å². The summed E-state index contributed by atoms with van der Waals surface area (Å²) in [4.78, 5) is 0. The van der Waals surface area contributed by atoms with Crippen LogP contribution in [0.4, 0.5) is 0 Å². The van der Waals surface area contributed by atoms with Gasteiger partial charge < -0.3 is 10.1 Å². The summed E-state index contributed by atoms with van der Waals surface area (Å²) in [5, 5.41) is 2.67. The van der Waals surface area contributed by atoms with Crippen LogP contribution in [-0.4, -0.2) is 43.1 Å². The maximum atomic E-state index is 11.4. The van der Waals surface area contributed by atoms with Gasteiger partial charge in [0.25, 0.3) is 5.17 Å². The summed E-state index contributed by atoms with van der Waals surface area (Å²) in [7, 11) is -3.04. The Morgan fingerprint density at radius 1 is 1.50 bits per heavy atom. The molecule has 0 amide bonds. The average Bonchev–Trinajstić information content (AvgIpc) is 2.46. The summed E-state index contributed by atoms with van der Waals surface area (Å²) in [6, 6.07) is -0.339. The lowest BCUT2D eigenvalue weighted by molar-refractivity contribution is 0.277. The van der Waals surface area contributed by atoms with E-state index in [0.717, 1.165) is 12.8 Å². The first-order valence-electron chi connectivity index (χ1n) is 6.08. The van der Waals surface area contributed by atoms with Gasteiger partial charge in [0.2, 0.25) is 0 Å². The molecule has 2 atom stereocenters. The minimum absolute atomic E-state index is 0.00217. The number of alkyl halides is 1. The average molecular weight is 314 g/mol. The number of ether oxygens (including phenoxy) is 1. The molecule has 0 aromatic carbocycles. The van der Waals surface area contributed by atoms with Gasteiger partial charge in [-0.1, -0.05) is 13.8 Å². The molecule has 18 heavy (non-hydrogen) atoms. The van der Waals surface area contributed by atoms with Crippen molar-refractivity contribution in [3.63, 3.8) is 0 Å². The van der Waals surface area contributed by atoms with Gasteiger partial charge in [-0.05, 0) is 31.0 Å². The summed E-state index contributed by atoms with van der Waals surface area (Å²) < 4.78 is 28.1. The van der Waals surface area contributed by atoms with Crippen LogP contribution in [-0.2, 0) is 14.6 Å². The van der Waals surface area contributed by atoms with Gasteiger partial charge in [0.1, 0.15) is 0 Å². The van der Waals surface area contributed by atoms with Crippen molar-refractivity contribution >= 4 is 38.8 Å². The molecule has 7 heteroatoms. The Bertz CT molecular complexity index is 384. The lowest BCUT2D eigenvalue weighted by Gasteiger charge is -2.16. The van der Waals surface area contributed by atoms with E-state index in [-0.39, 0.29) is 22.7 Å². The quantitative estimate of drug-likeness (QED) is 0.476. The van der Waals surface area contributed by atoms with Crippen molar-refractivity contribution in [1.82, 2.24) is 5.32 Å². The van der Waals surface area contributed by atoms with Crippen LogP contribution in [0.3, 0.4) is 0 Å². The molecule has 0 unspecified atom stereocenters. The molecule has 1 fully saturated rings. The third-order valence-electron chi connectivity index (χ3n) is 2.75. The number of hydrogen-bond donors (Lipinski definition) is 1. The van der Waals surface area contributed by atoms with Gasteiger partial charge in [0, 0.05) is 0 Å². The van der Waals surface area contributed by atoms with Crippen molar-refractivity contribution in [3.05, 3.63) is 0 Å². The first kappa shape index (κ1) is 16.0. The molecule has 0 saturated carbocycles. The smallest absolute Gasteiger partial charge is 0.256 e. The van der Waals surface area contributed by atoms with E-state index in [9.17, 15) is 8.42 Å². The lowest BCUT2D eigenvalue weighted by atomic mass is 10.1. The zero-order valence-electron chi connectivity index (χ0n) is 10.7. The van der Waals surface area contributed by atoms with Crippen LogP contribution < -0.4 is 5.32 Å². The standard InChI is InChI=1S/C11H20ClNO3S2/c1-8(2)4-3-5-16-11(17)13-10-7-18(14,15)6-9(10)12/h8-10H,3-7H2,1-2H3,(H,13,17)/t9-,10+/m0/s1. The summed E-state index contributed by atoms with van der Waals surface area (Å²) in [5.74, 6) is 0.668. The minimum Gasteiger partial charge on any atom is -0.471 e. The van der Waals surface area contributed by atoms with Crippen LogP contribution in [0, 0.1) is 5.92 Å². The second-order valence-corrected chi connectivity index (χ2v) is 8.10. The molecule has 0 spiro atoms. The van der Waals surface area contributed by atoms with E-state index in [1.807, 2.05) is 0 Å². The number of nitrogens with one attached hydrogen (secondary N) is 1. The topological polar surface area (TPSA) is 55.4 Å². The Balaban J connectivity index is 2.24. The minimum atomic E-state index is -3.04. The Labute approximate surface area is 119 Å². The van der Waals surface area contributed by atoms with Crippen molar-refractivity contribution in [2.24, 2.45) is 5.92 Å². The van der Waals surface area contributed by atoms with Crippen LogP contribution >= 0.6 is 23.8 Å². The fraction of sp³-hybridized carbons (Fsp3) is 0.909. The number of rotatable bonds is 5. The van der Waals surface area contributed by atoms with Gasteiger partial charge >= 0.3 is 0 Å². The van der Waals surface area contributed by atoms with Gasteiger partial charge in [0.15, 0.2) is 9.84 Å². The van der Waals surface area contributed by atoms with E-state index in [4.69, 9.17) is 28.6 Å². The molecule has 4 nitrogen and oxygen atoms in total. The van der Waals surface area contributed by atoms with Gasteiger partial charge in [-0.25, -0.2) is 8.42 Å². The number of thiocarbonyl (C=S) groups is 1. The number of hydrogen-bond acceptors (Lipinski definition) is 4. The molecular formula is C11H20ClNO3S2. The highest BCUT2D eigenvalue weighted by Crippen LogP contribution is 2.18. The molecule has 0 radical (unpaired) electrons. The van der Waals surface area contributed by atoms with E-state index in [1.165, 1.54) is 0 Å². The fourth-order valence-corrected chi connectivity index (χ4v) is 4.57. The molecule has 106 valence electrons. The zero-order chi connectivity index (χ0) is 13.8. The van der Waals surface area contributed by atoms with Gasteiger partial charge in [0.05, 0.1) is 29.5 Å². The molecule has 1 aliphatic rings. The number of halogens is 1. The molecule has 0 aromatic heterocycles. The van der Waals surface area contributed by atoms with E-state index in [0.29, 0.717) is 12.5 Å². The van der Waals surface area contributed by atoms with E-state index >= 15 is 0 Å². The van der Waals surface area contributed by atoms with E-state index < -0.39 is 15.2 Å². The second kappa shape index (κ2) is 6.91. The molecule has 1 N–H and O–H groups in total. The Morgan fingerprint density at radius 2 is 2.17 bits per heavy atom. The highest BCUT2D eigenvalue weighted by atomic mass is 35.5. The van der Waals surface area contributed by atoms with Crippen LogP contribution in [0.2, 0.25) is 0 Å². The first-order valence-corrected chi connectivity index (χ1v) is 8.74. The highest BCUT2D eigenvalue weighted by Gasteiger charge is 2.36. The summed E-state index contributed by atoms with van der Waals surface area (Å²) in [6.07, 6.45) is 2.02. The van der Waals surface area contributed by atoms with Gasteiger partial charge in [-0.15, -0.1) is 11.6 Å². The highest BCUT2D eigenvalue weighted by molar-refractivity contribution is 7.91. The van der Waals surface area contributed by atoms with Crippen molar-refractivity contribution < 1.29 is 13.2 Å². The Hall–Kier alpha value is -0.0700. The Kier molecular flexibility index (Phi) is 6.14. The third-order valence-corrected chi connectivity index (χ3v) is 5.36. The van der Waals surface area contributed by atoms with Crippen molar-refractivity contribution in [3.8, 4) is 0 Å². The zero-order valence-corrected chi connectivity index (χ0v) is 13.1. The summed E-state index contributed by atoms with van der Waals surface area (Å²) in [5.41, 5.74) is 0. The molecule has 1 saturated heterocycles. The molecule has 0 aromatic rings. The maximum Gasteiger partial charge on any atom is 0.256 e. The molecular weight excluding hydrogens is 294 g/mol. The molecule has 1 rings (SSSR count). The molecule has 0 bridgehead atoms. The van der Waals surface area contributed by atoms with Gasteiger partial charge in [-0.2, -0.15) is 0 Å². The largest absolute Gasteiger partial charge is 0.471 e. The molecule has 1 aliphatic heterocycles. The summed E-state index contributed by atoms with van der Waals surface area (Å²) >= 11 is 11.0. The number of sulfone groups is 1. The maximum absolute atomic E-state index is 11.4. The monoisotopic (exact) mass is 313 g/mol. The summed E-state index contributed by atoms with van der Waals surface area (Å²) in [6.45, 7) is 4.85. The molecule has 1 heterocycles. The van der Waals surface area contributed by atoms with Crippen LogP contribution in [0.5, 0.6) is 0 Å². The second-order valence-electron chi connectivity index (χ2n) is 5.02. The normalized spacial score (nSPS) is 26.2. The molecule has 0 aliphatic carbocycles. The first-order chi connectivity index (χ1) is 8.30. The third kappa shape index (κ3) is 5.71. The van der Waals surface area contributed by atoms with E-state index in [2.05, 4.69) is 19.2 Å². The Morgan fingerprint density at radius 3 is 2.67 bits per heavy atom. The predicted molar refractivity (Wildman–Crippen MR) is 77.8 cm³/mol. The predicted octanol–water partition coefficient (Wildman–Crippen LogP) is 1.72. The van der Waals surface area contributed by atoms with Crippen molar-refractivity contribution in [2.75, 3.05) is 18.1 Å². The van der Waals surface area contributed by atoms with E-state index in [1.54, 1.807) is 0 Å².